The lowest BCUT2D eigenvalue weighted by Gasteiger charge is -2.30. The minimum absolute atomic E-state index is 0.0620. The maximum atomic E-state index is 13.4. The lowest BCUT2D eigenvalue weighted by molar-refractivity contribution is -0.125. The Kier molecular flexibility index (Phi) is 4.73. The molecule has 0 radical (unpaired) electrons. The molecule has 0 aromatic heterocycles. The van der Waals surface area contributed by atoms with E-state index in [0.29, 0.717) is 25.3 Å². The van der Waals surface area contributed by atoms with Crippen LogP contribution in [0.25, 0.3) is 0 Å². The quantitative estimate of drug-likeness (QED) is 0.854. The summed E-state index contributed by atoms with van der Waals surface area (Å²) in [4.78, 5) is 27.6. The van der Waals surface area contributed by atoms with Gasteiger partial charge in [-0.25, -0.2) is 0 Å². The molecule has 1 aliphatic carbocycles. The molecule has 1 aliphatic heterocycles. The number of nitrogens with zero attached hydrogens (tertiary/aromatic N) is 1. The van der Waals surface area contributed by atoms with Crippen LogP contribution in [0.1, 0.15) is 43.2 Å². The molecule has 4 heteroatoms. The number of benzene rings is 2. The van der Waals surface area contributed by atoms with Gasteiger partial charge < -0.3 is 10.2 Å². The van der Waals surface area contributed by atoms with Crippen molar-refractivity contribution in [3.63, 3.8) is 0 Å². The van der Waals surface area contributed by atoms with Gasteiger partial charge >= 0.3 is 0 Å². The molecule has 0 saturated heterocycles. The molecule has 27 heavy (non-hydrogen) atoms. The first-order valence-electron chi connectivity index (χ1n) is 9.81. The highest BCUT2D eigenvalue weighted by Crippen LogP contribution is 2.46. The molecule has 2 aliphatic rings. The highest BCUT2D eigenvalue weighted by Gasteiger charge is 2.49. The van der Waals surface area contributed by atoms with Crippen molar-refractivity contribution >= 4 is 17.5 Å². The summed E-state index contributed by atoms with van der Waals surface area (Å²) >= 11 is 0. The minimum Gasteiger partial charge on any atom is -0.353 e. The van der Waals surface area contributed by atoms with E-state index in [4.69, 9.17) is 0 Å². The Labute approximate surface area is 160 Å². The molecule has 4 nitrogen and oxygen atoms in total. The Morgan fingerprint density at radius 2 is 1.81 bits per heavy atom. The number of nitrogens with one attached hydrogen (secondary N) is 1. The van der Waals surface area contributed by atoms with Crippen LogP contribution in [0.15, 0.2) is 54.6 Å². The lowest BCUT2D eigenvalue weighted by Crippen LogP contribution is -2.43. The highest BCUT2D eigenvalue weighted by atomic mass is 16.2. The average Bonchev–Trinajstić information content (AvgIpc) is 2.87. The second-order valence-corrected chi connectivity index (χ2v) is 7.82. The zero-order chi connectivity index (χ0) is 18.9. The number of hydrogen-bond acceptors (Lipinski definition) is 2. The number of fused-ring (bicyclic) bond motifs is 1. The highest BCUT2D eigenvalue weighted by molar-refractivity contribution is 6.08. The number of carbonyl (C=O) groups is 2. The molecule has 1 N–H and O–H groups in total. The van der Waals surface area contributed by atoms with Crippen molar-refractivity contribution in [1.29, 1.82) is 0 Å². The van der Waals surface area contributed by atoms with Crippen molar-refractivity contribution in [2.24, 2.45) is 0 Å². The Balaban J connectivity index is 1.63. The van der Waals surface area contributed by atoms with Crippen LogP contribution in [-0.2, 0) is 21.4 Å². The largest absolute Gasteiger partial charge is 0.353 e. The van der Waals surface area contributed by atoms with Crippen LogP contribution in [-0.4, -0.2) is 24.9 Å². The fourth-order valence-electron chi connectivity index (χ4n) is 4.34. The molecule has 1 fully saturated rings. The molecular weight excluding hydrogens is 336 g/mol. The summed E-state index contributed by atoms with van der Waals surface area (Å²) in [5.41, 5.74) is 2.44. The van der Waals surface area contributed by atoms with Crippen LogP contribution in [0.3, 0.4) is 0 Å². The fourth-order valence-corrected chi connectivity index (χ4v) is 4.34. The van der Waals surface area contributed by atoms with Gasteiger partial charge in [-0.3, -0.25) is 9.59 Å². The molecule has 1 atom stereocenters. The number of likely N-dealkylation sites (N-methyl/N-ethyl adjacent to an activating group) is 1. The normalized spacial score (nSPS) is 21.7. The predicted octanol–water partition coefficient (Wildman–Crippen LogP) is 3.59. The fraction of sp³-hybridized carbons (Fsp3) is 0.391. The van der Waals surface area contributed by atoms with Crippen molar-refractivity contribution in [1.82, 2.24) is 5.32 Å². The Morgan fingerprint density at radius 3 is 2.52 bits per heavy atom. The SMILES string of the molecule is CN1C(=O)[C@](CCC(=O)NC2CCC2)(Cc2ccccc2)c2ccccc21. The van der Waals surface area contributed by atoms with Crippen LogP contribution >= 0.6 is 0 Å². The van der Waals surface area contributed by atoms with Crippen molar-refractivity contribution in [3.05, 3.63) is 65.7 Å². The first-order valence-corrected chi connectivity index (χ1v) is 9.81. The number of rotatable bonds is 6. The Bertz CT molecular complexity index is 844. The Morgan fingerprint density at radius 1 is 1.11 bits per heavy atom. The first kappa shape index (κ1) is 17.8. The van der Waals surface area contributed by atoms with Crippen molar-refractivity contribution in [2.45, 2.75) is 50.0 Å². The predicted molar refractivity (Wildman–Crippen MR) is 107 cm³/mol. The van der Waals surface area contributed by atoms with Crippen LogP contribution in [0.4, 0.5) is 5.69 Å². The van der Waals surface area contributed by atoms with Crippen LogP contribution < -0.4 is 10.2 Å². The molecule has 0 unspecified atom stereocenters. The Hall–Kier alpha value is -2.62. The van der Waals surface area contributed by atoms with E-state index in [0.717, 1.165) is 29.7 Å². The molecule has 0 bridgehead atoms. The summed E-state index contributed by atoms with van der Waals surface area (Å²) in [7, 11) is 1.84. The molecule has 140 valence electrons. The summed E-state index contributed by atoms with van der Waals surface area (Å²) in [5, 5.41) is 3.11. The van der Waals surface area contributed by atoms with Gasteiger partial charge in [-0.1, -0.05) is 48.5 Å². The number of anilines is 1. The van der Waals surface area contributed by atoms with Crippen LogP contribution in [0.2, 0.25) is 0 Å². The molecule has 1 heterocycles. The third-order valence-electron chi connectivity index (χ3n) is 6.09. The molecular formula is C23H26N2O2. The lowest BCUT2D eigenvalue weighted by atomic mass is 9.73. The third-order valence-corrected chi connectivity index (χ3v) is 6.09. The second-order valence-electron chi connectivity index (χ2n) is 7.82. The smallest absolute Gasteiger partial charge is 0.237 e. The van der Waals surface area contributed by atoms with E-state index >= 15 is 0 Å². The molecule has 2 aromatic rings. The maximum Gasteiger partial charge on any atom is 0.237 e. The number of amides is 2. The second kappa shape index (κ2) is 7.18. The molecule has 2 amide bonds. The van der Waals surface area contributed by atoms with Gasteiger partial charge in [0.1, 0.15) is 0 Å². The number of para-hydroxylation sites is 1. The van der Waals surface area contributed by atoms with Gasteiger partial charge in [0.15, 0.2) is 0 Å². The van der Waals surface area contributed by atoms with E-state index in [-0.39, 0.29) is 11.8 Å². The van der Waals surface area contributed by atoms with E-state index in [2.05, 4.69) is 17.4 Å². The van der Waals surface area contributed by atoms with Gasteiger partial charge in [-0.2, -0.15) is 0 Å². The van der Waals surface area contributed by atoms with E-state index in [1.54, 1.807) is 4.90 Å². The van der Waals surface area contributed by atoms with E-state index in [9.17, 15) is 9.59 Å². The maximum absolute atomic E-state index is 13.4. The number of hydrogen-bond donors (Lipinski definition) is 1. The van der Waals surface area contributed by atoms with Gasteiger partial charge in [0.2, 0.25) is 11.8 Å². The summed E-state index contributed by atoms with van der Waals surface area (Å²) in [6, 6.07) is 18.4. The van der Waals surface area contributed by atoms with Gasteiger partial charge in [0.25, 0.3) is 0 Å². The standard InChI is InChI=1S/C23H26N2O2/c1-25-20-13-6-5-12-19(20)23(22(25)27,16-17-8-3-2-4-9-17)15-14-21(26)24-18-10-7-11-18/h2-6,8-9,12-13,18H,7,10-11,14-16H2,1H3,(H,24,26)/t23-/m1/s1. The van der Waals surface area contributed by atoms with Crippen molar-refractivity contribution in [3.8, 4) is 0 Å². The minimum atomic E-state index is -0.677. The molecule has 2 aromatic carbocycles. The van der Waals surface area contributed by atoms with Gasteiger partial charge in [-0.15, -0.1) is 0 Å². The van der Waals surface area contributed by atoms with E-state index in [1.807, 2.05) is 49.5 Å². The van der Waals surface area contributed by atoms with Gasteiger partial charge in [-0.05, 0) is 49.3 Å². The average molecular weight is 362 g/mol. The zero-order valence-corrected chi connectivity index (χ0v) is 15.8. The van der Waals surface area contributed by atoms with Gasteiger partial charge in [0, 0.05) is 25.2 Å². The van der Waals surface area contributed by atoms with E-state index < -0.39 is 5.41 Å². The van der Waals surface area contributed by atoms with E-state index in [1.165, 1.54) is 6.42 Å². The summed E-state index contributed by atoms with van der Waals surface area (Å²) in [6.45, 7) is 0. The summed E-state index contributed by atoms with van der Waals surface area (Å²) < 4.78 is 0. The first-order chi connectivity index (χ1) is 13.1. The molecule has 0 spiro atoms. The summed E-state index contributed by atoms with van der Waals surface area (Å²) in [5.74, 6) is 0.149. The van der Waals surface area contributed by atoms with Crippen molar-refractivity contribution in [2.75, 3.05) is 11.9 Å². The van der Waals surface area contributed by atoms with Crippen LogP contribution in [0.5, 0.6) is 0 Å². The van der Waals surface area contributed by atoms with Gasteiger partial charge in [0.05, 0.1) is 5.41 Å². The molecule has 1 saturated carbocycles. The topological polar surface area (TPSA) is 49.4 Å². The summed E-state index contributed by atoms with van der Waals surface area (Å²) in [6.07, 6.45) is 4.86. The number of carbonyl (C=O) groups excluding carboxylic acids is 2. The monoisotopic (exact) mass is 362 g/mol. The third kappa shape index (κ3) is 3.25. The zero-order valence-electron chi connectivity index (χ0n) is 15.8. The van der Waals surface area contributed by atoms with Crippen LogP contribution in [0, 0.1) is 0 Å². The molecule has 4 rings (SSSR count). The van der Waals surface area contributed by atoms with Crippen molar-refractivity contribution < 1.29 is 9.59 Å².